The molecule has 9 rings (SSSR count). The van der Waals surface area contributed by atoms with Crippen LogP contribution in [0.2, 0.25) is 0 Å². The Kier molecular flexibility index (Phi) is 10.3. The number of nitrogens with zero attached hydrogens (tertiary/aromatic N) is 7. The standard InChI is InChI=1S/C23H25N5O4S.C17H23N3O5S/c1-27-20-18(19(26-27)21(29)25-13-16-4-2-15(12-24)3-5-16)8-11-28(22(20)30)14-23(9-10-23)33(31,32)17-6-7-17;1-3-25-16(22)13-12-6-9-20(15(21)14(12)19(2)18-13)10-17(7-8-17)26(23,24)11-4-5-11/h2-5,17H,6-11,13-14H2,1H3,(H,25,29);11H,3-10H2,1-2H3. The molecule has 4 saturated carbocycles. The Morgan fingerprint density at radius 2 is 1.25 bits per heavy atom. The molecule has 314 valence electrons. The van der Waals surface area contributed by atoms with E-state index in [-0.39, 0.29) is 65.9 Å². The number of esters is 1. The van der Waals surface area contributed by atoms with Gasteiger partial charge in [-0.15, -0.1) is 0 Å². The largest absolute Gasteiger partial charge is 0.461 e. The van der Waals surface area contributed by atoms with Gasteiger partial charge in [0.15, 0.2) is 31.1 Å². The van der Waals surface area contributed by atoms with E-state index in [2.05, 4.69) is 21.6 Å². The number of amides is 3. The number of aromatic nitrogens is 4. The predicted octanol–water partition coefficient (Wildman–Crippen LogP) is 2.03. The number of hydrogen-bond donors (Lipinski definition) is 1. The Bertz CT molecular complexity index is 2500. The molecule has 19 heteroatoms. The van der Waals surface area contributed by atoms with Crippen LogP contribution in [-0.4, -0.2) is 123 Å². The van der Waals surface area contributed by atoms with Gasteiger partial charge in [-0.3, -0.25) is 23.7 Å². The molecule has 4 heterocycles. The molecule has 17 nitrogen and oxygen atoms in total. The Balaban J connectivity index is 0.000000169. The average Bonchev–Trinajstić information content (AvgIpc) is 4.02. The fourth-order valence-corrected chi connectivity index (χ4v) is 13.4. The number of rotatable bonds is 13. The van der Waals surface area contributed by atoms with Gasteiger partial charge < -0.3 is 19.9 Å². The van der Waals surface area contributed by atoms with E-state index < -0.39 is 35.1 Å². The van der Waals surface area contributed by atoms with E-state index >= 15 is 0 Å². The van der Waals surface area contributed by atoms with E-state index in [0.29, 0.717) is 79.7 Å². The second kappa shape index (κ2) is 14.9. The lowest BCUT2D eigenvalue weighted by atomic mass is 10.0. The molecular formula is C40H48N8O9S2. The van der Waals surface area contributed by atoms with Crippen LogP contribution in [0.1, 0.15) is 122 Å². The third-order valence-corrected chi connectivity index (χ3v) is 18.6. The molecular weight excluding hydrogens is 801 g/mol. The predicted molar refractivity (Wildman–Crippen MR) is 212 cm³/mol. The van der Waals surface area contributed by atoms with E-state index in [1.165, 1.54) is 9.36 Å². The maximum Gasteiger partial charge on any atom is 0.359 e. The lowest BCUT2D eigenvalue weighted by Crippen LogP contribution is -2.46. The van der Waals surface area contributed by atoms with Gasteiger partial charge in [0.25, 0.3) is 17.7 Å². The van der Waals surface area contributed by atoms with Crippen LogP contribution >= 0.6 is 0 Å². The Hall–Kier alpha value is -5.09. The monoisotopic (exact) mass is 848 g/mol. The van der Waals surface area contributed by atoms with Crippen molar-refractivity contribution in [2.24, 2.45) is 14.1 Å². The van der Waals surface area contributed by atoms with Crippen LogP contribution in [0.25, 0.3) is 0 Å². The summed E-state index contributed by atoms with van der Waals surface area (Å²) in [7, 11) is -3.13. The second-order valence-corrected chi connectivity index (χ2v) is 21.9. The van der Waals surface area contributed by atoms with E-state index in [1.807, 2.05) is 0 Å². The lowest BCUT2D eigenvalue weighted by molar-refractivity contribution is 0.0516. The topological polar surface area (TPSA) is 224 Å². The smallest absolute Gasteiger partial charge is 0.359 e. The molecule has 0 saturated heterocycles. The van der Waals surface area contributed by atoms with Crippen LogP contribution in [0.15, 0.2) is 24.3 Å². The second-order valence-electron chi connectivity index (χ2n) is 16.6. The number of nitrogens with one attached hydrogen (secondary N) is 1. The summed E-state index contributed by atoms with van der Waals surface area (Å²) in [5.41, 5.74) is 3.72. The van der Waals surface area contributed by atoms with Crippen LogP contribution in [0.4, 0.5) is 0 Å². The van der Waals surface area contributed by atoms with E-state index in [4.69, 9.17) is 10.00 Å². The highest BCUT2D eigenvalue weighted by Gasteiger charge is 2.61. The molecule has 0 radical (unpaired) electrons. The van der Waals surface area contributed by atoms with Crippen LogP contribution in [0.3, 0.4) is 0 Å². The zero-order valence-corrected chi connectivity index (χ0v) is 35.0. The summed E-state index contributed by atoms with van der Waals surface area (Å²) in [6, 6.07) is 8.98. The van der Waals surface area contributed by atoms with Gasteiger partial charge in [-0.1, -0.05) is 12.1 Å². The minimum absolute atomic E-state index is 0.184. The maximum atomic E-state index is 13.2. The van der Waals surface area contributed by atoms with Gasteiger partial charge in [0.05, 0.1) is 38.2 Å². The highest BCUT2D eigenvalue weighted by molar-refractivity contribution is 7.94. The SMILES string of the molecule is CCOC(=O)c1nn(C)c2c1CCN(CC1(S(=O)(=O)C3CC3)CC1)C2=O.Cn1nc(C(=O)NCc2ccc(C#N)cc2)c2c1C(=O)N(CC1(S(=O)(=O)C3CC3)CC1)CC2. The number of aryl methyl sites for hydroxylation is 2. The number of sulfone groups is 2. The van der Waals surface area contributed by atoms with Crippen molar-refractivity contribution in [3.8, 4) is 6.07 Å². The van der Waals surface area contributed by atoms with Gasteiger partial charge in [-0.05, 0) is 88.8 Å². The maximum absolute atomic E-state index is 13.2. The normalized spacial score (nSPS) is 20.1. The van der Waals surface area contributed by atoms with E-state index in [9.17, 15) is 36.0 Å². The quantitative estimate of drug-likeness (QED) is 0.244. The summed E-state index contributed by atoms with van der Waals surface area (Å²) in [5, 5.41) is 19.7. The molecule has 0 atom stereocenters. The fourth-order valence-electron chi connectivity index (χ4n) is 8.45. The van der Waals surface area contributed by atoms with Gasteiger partial charge in [0.1, 0.15) is 11.4 Å². The first-order chi connectivity index (χ1) is 28.1. The van der Waals surface area contributed by atoms with Crippen molar-refractivity contribution in [1.29, 1.82) is 5.26 Å². The number of fused-ring (bicyclic) bond motifs is 2. The summed E-state index contributed by atoms with van der Waals surface area (Å²) in [5.74, 6) is -1.42. The molecule has 59 heavy (non-hydrogen) atoms. The number of nitriles is 1. The molecule has 1 N–H and O–H groups in total. The summed E-state index contributed by atoms with van der Waals surface area (Å²) >= 11 is 0. The molecule has 1 aromatic carbocycles. The van der Waals surface area contributed by atoms with Crippen molar-refractivity contribution in [3.63, 3.8) is 0 Å². The number of ether oxygens (including phenoxy) is 1. The van der Waals surface area contributed by atoms with Gasteiger partial charge in [0.2, 0.25) is 0 Å². The van der Waals surface area contributed by atoms with Crippen molar-refractivity contribution >= 4 is 43.4 Å². The molecule has 3 aromatic rings. The van der Waals surface area contributed by atoms with E-state index in [0.717, 1.165) is 31.2 Å². The minimum atomic E-state index is -3.21. The van der Waals surface area contributed by atoms with Crippen molar-refractivity contribution in [3.05, 3.63) is 69.3 Å². The van der Waals surface area contributed by atoms with Gasteiger partial charge >= 0.3 is 5.97 Å². The van der Waals surface area contributed by atoms with Crippen molar-refractivity contribution in [2.75, 3.05) is 32.8 Å². The Morgan fingerprint density at radius 1 is 0.797 bits per heavy atom. The van der Waals surface area contributed by atoms with E-state index in [1.54, 1.807) is 55.1 Å². The highest BCUT2D eigenvalue weighted by Crippen LogP contribution is 2.52. The third kappa shape index (κ3) is 7.32. The number of benzene rings is 1. The summed E-state index contributed by atoms with van der Waals surface area (Å²) < 4.78 is 57.5. The number of carbonyl (C=O) groups excluding carboxylic acids is 4. The molecule has 2 aromatic heterocycles. The van der Waals surface area contributed by atoms with Crippen LogP contribution in [0.5, 0.6) is 0 Å². The fraction of sp³-hybridized carbons (Fsp3) is 0.575. The molecule has 4 fully saturated rings. The summed E-state index contributed by atoms with van der Waals surface area (Å²) in [6.07, 6.45) is 6.34. The van der Waals surface area contributed by atoms with Gasteiger partial charge in [0, 0.05) is 57.9 Å². The summed E-state index contributed by atoms with van der Waals surface area (Å²) in [6.45, 7) is 3.46. The molecule has 3 amide bonds. The average molecular weight is 849 g/mol. The first kappa shape index (κ1) is 40.7. The van der Waals surface area contributed by atoms with Crippen LogP contribution in [0, 0.1) is 11.3 Å². The zero-order valence-electron chi connectivity index (χ0n) is 33.4. The lowest BCUT2D eigenvalue weighted by Gasteiger charge is -2.31. The third-order valence-electron chi connectivity index (χ3n) is 12.5. The first-order valence-electron chi connectivity index (χ1n) is 20.2. The summed E-state index contributed by atoms with van der Waals surface area (Å²) in [4.78, 5) is 54.3. The molecule has 4 aliphatic carbocycles. The number of carbonyl (C=O) groups is 4. The molecule has 2 aliphatic heterocycles. The molecule has 0 spiro atoms. The van der Waals surface area contributed by atoms with Gasteiger partial charge in [-0.25, -0.2) is 21.6 Å². The molecule has 6 aliphatic rings. The minimum Gasteiger partial charge on any atom is -0.461 e. The van der Waals surface area contributed by atoms with Crippen molar-refractivity contribution in [1.82, 2.24) is 34.7 Å². The molecule has 0 unspecified atom stereocenters. The van der Waals surface area contributed by atoms with Crippen molar-refractivity contribution < 1.29 is 40.8 Å². The van der Waals surface area contributed by atoms with Gasteiger partial charge in [-0.2, -0.15) is 15.5 Å². The van der Waals surface area contributed by atoms with Crippen LogP contribution < -0.4 is 5.32 Å². The Morgan fingerprint density at radius 3 is 1.68 bits per heavy atom. The highest BCUT2D eigenvalue weighted by atomic mass is 32.2. The Labute approximate surface area is 342 Å². The number of hydrogen-bond acceptors (Lipinski definition) is 12. The van der Waals surface area contributed by atoms with Crippen molar-refractivity contribution in [2.45, 2.75) is 97.7 Å². The first-order valence-corrected chi connectivity index (χ1v) is 23.3. The van der Waals surface area contributed by atoms with Crippen LogP contribution in [-0.2, 0) is 57.9 Å². The molecule has 0 bridgehead atoms. The zero-order chi connectivity index (χ0) is 42.1.